The van der Waals surface area contributed by atoms with Gasteiger partial charge in [0.25, 0.3) is 0 Å². The quantitative estimate of drug-likeness (QED) is 0.776. The van der Waals surface area contributed by atoms with Gasteiger partial charge in [0, 0.05) is 23.1 Å². The van der Waals surface area contributed by atoms with E-state index in [1.807, 2.05) is 11.8 Å². The predicted octanol–water partition coefficient (Wildman–Crippen LogP) is 2.84. The summed E-state index contributed by atoms with van der Waals surface area (Å²) in [5.74, 6) is 1.09. The fourth-order valence-electron chi connectivity index (χ4n) is 2.04. The third-order valence-corrected chi connectivity index (χ3v) is 3.80. The molecule has 1 aliphatic rings. The van der Waals surface area contributed by atoms with Crippen molar-refractivity contribution in [2.45, 2.75) is 39.2 Å². The number of ether oxygens (including phenoxy) is 1. The number of nitrogens with zero attached hydrogens (tertiary/aromatic N) is 2. The molecule has 1 aromatic rings. The molecule has 0 spiro atoms. The summed E-state index contributed by atoms with van der Waals surface area (Å²) < 4.78 is 7.79. The molecule has 1 saturated heterocycles. The van der Waals surface area contributed by atoms with Gasteiger partial charge in [-0.3, -0.25) is 4.68 Å². The Balaban J connectivity index is 2.37. The first-order chi connectivity index (χ1) is 7.11. The van der Waals surface area contributed by atoms with E-state index in [4.69, 9.17) is 4.74 Å². The van der Waals surface area contributed by atoms with Crippen molar-refractivity contribution >= 4 is 11.8 Å². The molecule has 84 valence electrons. The molecule has 1 unspecified atom stereocenters. The lowest BCUT2D eigenvalue weighted by atomic mass is 10.2. The lowest BCUT2D eigenvalue weighted by molar-refractivity contribution is 0.144. The summed E-state index contributed by atoms with van der Waals surface area (Å²) in [7, 11) is 0. The summed E-state index contributed by atoms with van der Waals surface area (Å²) in [4.78, 5) is 0. The molecular formula is C11H18N2OS. The highest BCUT2D eigenvalue weighted by Crippen LogP contribution is 2.38. The van der Waals surface area contributed by atoms with E-state index in [1.165, 1.54) is 11.3 Å². The summed E-state index contributed by atoms with van der Waals surface area (Å²) in [6.45, 7) is 9.39. The monoisotopic (exact) mass is 226 g/mol. The molecule has 2 rings (SSSR count). The van der Waals surface area contributed by atoms with Crippen molar-refractivity contribution in [3.63, 3.8) is 0 Å². The van der Waals surface area contributed by atoms with Crippen LogP contribution in [0.4, 0.5) is 0 Å². The fourth-order valence-corrected chi connectivity index (χ4v) is 3.15. The number of aryl methyl sites for hydroxylation is 1. The highest BCUT2D eigenvalue weighted by Gasteiger charge is 2.25. The van der Waals surface area contributed by atoms with Crippen LogP contribution in [-0.2, 0) is 4.74 Å². The number of hydrogen-bond donors (Lipinski definition) is 0. The minimum Gasteiger partial charge on any atom is -0.362 e. The van der Waals surface area contributed by atoms with Crippen LogP contribution in [0.25, 0.3) is 0 Å². The van der Waals surface area contributed by atoms with Crippen molar-refractivity contribution in [1.82, 2.24) is 9.78 Å². The Hall–Kier alpha value is -0.480. The van der Waals surface area contributed by atoms with Crippen LogP contribution in [0.15, 0.2) is 0 Å². The van der Waals surface area contributed by atoms with Gasteiger partial charge in [0.15, 0.2) is 0 Å². The van der Waals surface area contributed by atoms with Crippen molar-refractivity contribution in [2.24, 2.45) is 0 Å². The molecule has 4 heteroatoms. The number of rotatable bonds is 2. The topological polar surface area (TPSA) is 27.1 Å². The summed E-state index contributed by atoms with van der Waals surface area (Å²) in [6.07, 6.45) is 0. The Labute approximate surface area is 95.2 Å². The van der Waals surface area contributed by atoms with Crippen LogP contribution in [0.1, 0.15) is 42.3 Å². The van der Waals surface area contributed by atoms with Gasteiger partial charge in [-0.2, -0.15) is 5.10 Å². The second kappa shape index (κ2) is 4.18. The molecule has 0 saturated carbocycles. The lowest BCUT2D eigenvalue weighted by Crippen LogP contribution is -2.05. The first-order valence-electron chi connectivity index (χ1n) is 5.40. The maximum absolute atomic E-state index is 5.70. The van der Waals surface area contributed by atoms with E-state index in [0.717, 1.165) is 18.1 Å². The van der Waals surface area contributed by atoms with Gasteiger partial charge in [-0.1, -0.05) is 0 Å². The molecule has 0 radical (unpaired) electrons. The smallest absolute Gasteiger partial charge is 0.132 e. The van der Waals surface area contributed by atoms with Crippen molar-refractivity contribution in [3.8, 4) is 0 Å². The lowest BCUT2D eigenvalue weighted by Gasteiger charge is -2.11. The zero-order valence-corrected chi connectivity index (χ0v) is 10.6. The summed E-state index contributed by atoms with van der Waals surface area (Å²) in [6, 6.07) is 0.420. The van der Waals surface area contributed by atoms with E-state index < -0.39 is 0 Å². The number of hydrogen-bond acceptors (Lipinski definition) is 3. The largest absolute Gasteiger partial charge is 0.362 e. The maximum Gasteiger partial charge on any atom is 0.132 e. The second-order valence-electron chi connectivity index (χ2n) is 4.20. The van der Waals surface area contributed by atoms with Gasteiger partial charge < -0.3 is 4.74 Å². The molecule has 0 amide bonds. The van der Waals surface area contributed by atoms with Crippen LogP contribution in [-0.4, -0.2) is 22.1 Å². The summed E-state index contributed by atoms with van der Waals surface area (Å²) in [5.41, 5.74) is 3.85. The van der Waals surface area contributed by atoms with Crippen LogP contribution < -0.4 is 0 Å². The van der Waals surface area contributed by atoms with Crippen LogP contribution in [0, 0.1) is 13.8 Å². The highest BCUT2D eigenvalue weighted by atomic mass is 32.2. The van der Waals surface area contributed by atoms with Crippen molar-refractivity contribution < 1.29 is 4.74 Å². The van der Waals surface area contributed by atoms with Gasteiger partial charge in [0.1, 0.15) is 5.44 Å². The van der Waals surface area contributed by atoms with Crippen molar-refractivity contribution in [3.05, 3.63) is 17.0 Å². The third-order valence-electron chi connectivity index (χ3n) is 2.73. The van der Waals surface area contributed by atoms with E-state index in [-0.39, 0.29) is 5.44 Å². The van der Waals surface area contributed by atoms with Crippen molar-refractivity contribution in [1.29, 1.82) is 0 Å². The van der Waals surface area contributed by atoms with Crippen LogP contribution >= 0.6 is 11.8 Å². The Bertz CT molecular complexity index is 354. The second-order valence-corrected chi connectivity index (χ2v) is 5.37. The van der Waals surface area contributed by atoms with E-state index in [0.29, 0.717) is 6.04 Å². The van der Waals surface area contributed by atoms with Gasteiger partial charge in [-0.05, 0) is 27.7 Å². The fraction of sp³-hybridized carbons (Fsp3) is 0.727. The first-order valence-corrected chi connectivity index (χ1v) is 6.45. The van der Waals surface area contributed by atoms with E-state index in [9.17, 15) is 0 Å². The molecule has 0 aliphatic carbocycles. The number of thioether (sulfide) groups is 1. The normalized spacial score (nSPS) is 21.5. The predicted molar refractivity (Wildman–Crippen MR) is 63.2 cm³/mol. The zero-order valence-electron chi connectivity index (χ0n) is 9.78. The number of aromatic nitrogens is 2. The van der Waals surface area contributed by atoms with Gasteiger partial charge in [0.2, 0.25) is 0 Å². The van der Waals surface area contributed by atoms with Crippen LogP contribution in [0.5, 0.6) is 0 Å². The zero-order chi connectivity index (χ0) is 11.0. The molecule has 1 fully saturated rings. The Kier molecular flexibility index (Phi) is 3.07. The van der Waals surface area contributed by atoms with Gasteiger partial charge in [-0.25, -0.2) is 0 Å². The van der Waals surface area contributed by atoms with Gasteiger partial charge in [0.05, 0.1) is 12.3 Å². The van der Waals surface area contributed by atoms with Gasteiger partial charge in [-0.15, -0.1) is 11.8 Å². The van der Waals surface area contributed by atoms with Crippen LogP contribution in [0.3, 0.4) is 0 Å². The molecule has 0 N–H and O–H groups in total. The van der Waals surface area contributed by atoms with E-state index in [1.54, 1.807) is 0 Å². The minimum absolute atomic E-state index is 0.206. The molecule has 1 aromatic heterocycles. The summed E-state index contributed by atoms with van der Waals surface area (Å²) >= 11 is 1.87. The summed E-state index contributed by atoms with van der Waals surface area (Å²) in [5, 5.41) is 4.58. The Morgan fingerprint density at radius 2 is 2.20 bits per heavy atom. The van der Waals surface area contributed by atoms with E-state index >= 15 is 0 Å². The molecule has 0 aromatic carbocycles. The molecular weight excluding hydrogens is 208 g/mol. The molecule has 2 heterocycles. The molecule has 0 bridgehead atoms. The average molecular weight is 226 g/mol. The average Bonchev–Trinajstić information content (AvgIpc) is 2.73. The van der Waals surface area contributed by atoms with Gasteiger partial charge >= 0.3 is 0 Å². The Morgan fingerprint density at radius 1 is 1.47 bits per heavy atom. The highest BCUT2D eigenvalue weighted by molar-refractivity contribution is 7.99. The van der Waals surface area contributed by atoms with Crippen LogP contribution in [0.2, 0.25) is 0 Å². The standard InChI is InChI=1S/C11H18N2OS/c1-7(2)13-9(4)10(8(3)12-13)11-14-5-6-15-11/h7,11H,5-6H2,1-4H3. The first kappa shape index (κ1) is 11.0. The van der Waals surface area contributed by atoms with Crippen molar-refractivity contribution in [2.75, 3.05) is 12.4 Å². The molecule has 1 atom stereocenters. The third kappa shape index (κ3) is 1.93. The minimum atomic E-state index is 0.206. The molecule has 3 nitrogen and oxygen atoms in total. The van der Waals surface area contributed by atoms with E-state index in [2.05, 4.69) is 37.5 Å². The maximum atomic E-state index is 5.70. The molecule has 1 aliphatic heterocycles. The SMILES string of the molecule is Cc1nn(C(C)C)c(C)c1C1OCCS1. The molecule has 15 heavy (non-hydrogen) atoms. The Morgan fingerprint density at radius 3 is 2.67 bits per heavy atom.